The van der Waals surface area contributed by atoms with Crippen LogP contribution in [-0.2, 0) is 0 Å². The van der Waals surface area contributed by atoms with Crippen LogP contribution < -0.4 is 0 Å². The van der Waals surface area contributed by atoms with E-state index in [1.807, 2.05) is 34.9 Å². The lowest BCUT2D eigenvalue weighted by Gasteiger charge is -2.15. The molecule has 2 aromatic carbocycles. The summed E-state index contributed by atoms with van der Waals surface area (Å²) in [5, 5.41) is 1.73. The van der Waals surface area contributed by atoms with Gasteiger partial charge in [0.2, 0.25) is 0 Å². The van der Waals surface area contributed by atoms with Crippen LogP contribution in [0, 0.1) is 4.77 Å². The highest BCUT2D eigenvalue weighted by Crippen LogP contribution is 2.31. The van der Waals surface area contributed by atoms with Crippen molar-refractivity contribution in [2.24, 2.45) is 0 Å². The molecule has 1 heterocycles. The van der Waals surface area contributed by atoms with E-state index in [1.54, 1.807) is 6.07 Å². The van der Waals surface area contributed by atoms with Gasteiger partial charge in [-0.05, 0) is 49.0 Å². The SMILES string of the molecule is CC(c1ccc(Cl)cc1)n1c(=S)[nH]c2cc(Cl)c(Cl)cc21. The molecule has 1 unspecified atom stereocenters. The van der Waals surface area contributed by atoms with Gasteiger partial charge in [-0.25, -0.2) is 0 Å². The number of rotatable bonds is 2. The van der Waals surface area contributed by atoms with Gasteiger partial charge >= 0.3 is 0 Å². The van der Waals surface area contributed by atoms with E-state index in [4.69, 9.17) is 47.0 Å². The van der Waals surface area contributed by atoms with Crippen LogP contribution in [-0.4, -0.2) is 9.55 Å². The van der Waals surface area contributed by atoms with Gasteiger partial charge in [0.25, 0.3) is 0 Å². The number of imidazole rings is 1. The average Bonchev–Trinajstić information content (AvgIpc) is 2.75. The molecular formula is C15H11Cl3N2S. The van der Waals surface area contributed by atoms with Gasteiger partial charge in [0.15, 0.2) is 4.77 Å². The number of aromatic nitrogens is 2. The van der Waals surface area contributed by atoms with E-state index in [0.29, 0.717) is 19.8 Å². The predicted molar refractivity (Wildman–Crippen MR) is 92.4 cm³/mol. The lowest BCUT2D eigenvalue weighted by Crippen LogP contribution is -2.06. The Kier molecular flexibility index (Phi) is 4.02. The van der Waals surface area contributed by atoms with Crippen molar-refractivity contribution in [3.8, 4) is 0 Å². The number of fused-ring (bicyclic) bond motifs is 1. The zero-order chi connectivity index (χ0) is 15.1. The maximum Gasteiger partial charge on any atom is 0.178 e. The molecule has 0 aliphatic rings. The number of H-pyrrole nitrogens is 1. The molecule has 0 spiro atoms. The Hall–Kier alpha value is -1.000. The molecule has 0 aliphatic heterocycles. The molecule has 3 aromatic rings. The molecule has 0 saturated carbocycles. The summed E-state index contributed by atoms with van der Waals surface area (Å²) in [6, 6.07) is 11.4. The number of hydrogen-bond donors (Lipinski definition) is 1. The highest BCUT2D eigenvalue weighted by atomic mass is 35.5. The fraction of sp³-hybridized carbons (Fsp3) is 0.133. The van der Waals surface area contributed by atoms with Gasteiger partial charge in [-0.1, -0.05) is 46.9 Å². The van der Waals surface area contributed by atoms with Crippen molar-refractivity contribution in [3.63, 3.8) is 0 Å². The van der Waals surface area contributed by atoms with Gasteiger partial charge in [-0.15, -0.1) is 0 Å². The molecule has 0 aliphatic carbocycles. The van der Waals surface area contributed by atoms with E-state index in [2.05, 4.69) is 11.9 Å². The lowest BCUT2D eigenvalue weighted by molar-refractivity contribution is 0.649. The Morgan fingerprint density at radius 1 is 1.05 bits per heavy atom. The van der Waals surface area contributed by atoms with Gasteiger partial charge in [0.1, 0.15) is 0 Å². The standard InChI is InChI=1S/C15H11Cl3N2S/c1-8(9-2-4-10(16)5-3-9)20-14-7-12(18)11(17)6-13(14)19-15(20)21/h2-8H,1H3,(H,19,21). The molecule has 6 heteroatoms. The molecule has 0 radical (unpaired) electrons. The Bertz CT molecular complexity index is 865. The minimum Gasteiger partial charge on any atom is -0.331 e. The molecule has 1 aromatic heterocycles. The first-order valence-corrected chi connectivity index (χ1v) is 7.86. The summed E-state index contributed by atoms with van der Waals surface area (Å²) in [6.45, 7) is 2.08. The molecule has 2 nitrogen and oxygen atoms in total. The van der Waals surface area contributed by atoms with E-state index in [0.717, 1.165) is 16.6 Å². The van der Waals surface area contributed by atoms with Crippen LogP contribution in [0.2, 0.25) is 15.1 Å². The van der Waals surface area contributed by atoms with Gasteiger partial charge in [0, 0.05) is 5.02 Å². The van der Waals surface area contributed by atoms with Crippen LogP contribution in [0.15, 0.2) is 36.4 Å². The predicted octanol–water partition coefficient (Wildman–Crippen LogP) is 6.27. The summed E-state index contributed by atoms with van der Waals surface area (Å²) in [5.74, 6) is 0. The molecule has 0 fully saturated rings. The van der Waals surface area contributed by atoms with E-state index >= 15 is 0 Å². The first-order valence-electron chi connectivity index (χ1n) is 6.32. The summed E-state index contributed by atoms with van der Waals surface area (Å²) in [6.07, 6.45) is 0. The largest absolute Gasteiger partial charge is 0.331 e. The Labute approximate surface area is 142 Å². The number of halogens is 3. The van der Waals surface area contributed by atoms with Crippen molar-refractivity contribution in [3.05, 3.63) is 61.8 Å². The molecule has 108 valence electrons. The summed E-state index contributed by atoms with van der Waals surface area (Å²) in [5.41, 5.74) is 2.91. The fourth-order valence-corrected chi connectivity index (χ4v) is 3.21. The zero-order valence-electron chi connectivity index (χ0n) is 11.0. The monoisotopic (exact) mass is 356 g/mol. The number of nitrogens with one attached hydrogen (secondary N) is 1. The Balaban J connectivity index is 2.19. The smallest absolute Gasteiger partial charge is 0.178 e. The van der Waals surface area contributed by atoms with Crippen LogP contribution in [0.5, 0.6) is 0 Å². The van der Waals surface area contributed by atoms with Crippen molar-refractivity contribution >= 4 is 58.1 Å². The van der Waals surface area contributed by atoms with Crippen molar-refractivity contribution in [1.29, 1.82) is 0 Å². The molecule has 0 saturated heterocycles. The Morgan fingerprint density at radius 2 is 1.67 bits per heavy atom. The minimum atomic E-state index is 0.0563. The number of benzene rings is 2. The highest BCUT2D eigenvalue weighted by molar-refractivity contribution is 7.71. The summed E-state index contributed by atoms with van der Waals surface area (Å²) in [4.78, 5) is 3.17. The van der Waals surface area contributed by atoms with Crippen molar-refractivity contribution in [1.82, 2.24) is 9.55 Å². The van der Waals surface area contributed by atoms with Crippen LogP contribution in [0.25, 0.3) is 11.0 Å². The number of hydrogen-bond acceptors (Lipinski definition) is 1. The normalized spacial score (nSPS) is 12.8. The molecule has 3 rings (SSSR count). The Morgan fingerprint density at radius 3 is 2.33 bits per heavy atom. The van der Waals surface area contributed by atoms with Crippen molar-refractivity contribution in [2.45, 2.75) is 13.0 Å². The summed E-state index contributed by atoms with van der Waals surface area (Å²) < 4.78 is 2.65. The quantitative estimate of drug-likeness (QED) is 0.536. The van der Waals surface area contributed by atoms with Gasteiger partial charge in [-0.3, -0.25) is 0 Å². The third-order valence-electron chi connectivity index (χ3n) is 3.50. The van der Waals surface area contributed by atoms with Gasteiger partial charge in [-0.2, -0.15) is 0 Å². The van der Waals surface area contributed by atoms with Gasteiger partial charge in [0.05, 0.1) is 27.1 Å². The first kappa shape index (κ1) is 14.9. The van der Waals surface area contributed by atoms with Crippen LogP contribution in [0.1, 0.15) is 18.5 Å². The van der Waals surface area contributed by atoms with E-state index in [9.17, 15) is 0 Å². The molecule has 21 heavy (non-hydrogen) atoms. The zero-order valence-corrected chi connectivity index (χ0v) is 14.1. The van der Waals surface area contributed by atoms with Crippen molar-refractivity contribution in [2.75, 3.05) is 0 Å². The van der Waals surface area contributed by atoms with E-state index in [1.165, 1.54) is 0 Å². The molecule has 0 bridgehead atoms. The number of aromatic amines is 1. The minimum absolute atomic E-state index is 0.0563. The third-order valence-corrected chi connectivity index (χ3v) is 4.77. The second kappa shape index (κ2) is 5.65. The van der Waals surface area contributed by atoms with E-state index < -0.39 is 0 Å². The lowest BCUT2D eigenvalue weighted by atomic mass is 10.1. The topological polar surface area (TPSA) is 20.7 Å². The van der Waals surface area contributed by atoms with Gasteiger partial charge < -0.3 is 9.55 Å². The molecule has 0 amide bonds. The maximum absolute atomic E-state index is 6.13. The maximum atomic E-state index is 6.13. The number of nitrogens with zero attached hydrogens (tertiary/aromatic N) is 1. The molecule has 1 N–H and O–H groups in total. The van der Waals surface area contributed by atoms with Crippen LogP contribution in [0.3, 0.4) is 0 Å². The summed E-state index contributed by atoms with van der Waals surface area (Å²) in [7, 11) is 0. The van der Waals surface area contributed by atoms with Crippen molar-refractivity contribution < 1.29 is 0 Å². The van der Waals surface area contributed by atoms with Crippen LogP contribution >= 0.6 is 47.0 Å². The highest BCUT2D eigenvalue weighted by Gasteiger charge is 2.14. The molecular weight excluding hydrogens is 347 g/mol. The molecule has 1 atom stereocenters. The summed E-state index contributed by atoms with van der Waals surface area (Å²) >= 11 is 23.6. The average molecular weight is 358 g/mol. The van der Waals surface area contributed by atoms with E-state index in [-0.39, 0.29) is 6.04 Å². The first-order chi connectivity index (χ1) is 9.97. The second-order valence-electron chi connectivity index (χ2n) is 4.81. The van der Waals surface area contributed by atoms with Crippen LogP contribution in [0.4, 0.5) is 0 Å². The fourth-order valence-electron chi connectivity index (χ4n) is 2.40. The second-order valence-corrected chi connectivity index (χ2v) is 6.45. The third kappa shape index (κ3) is 2.71.